The smallest absolute Gasteiger partial charge is 0.410 e. The molecule has 0 aromatic heterocycles. The number of ether oxygens (including phenoxy) is 1. The number of hydrogen-bond donors (Lipinski definition) is 0. The number of amides is 1. The van der Waals surface area contributed by atoms with Crippen molar-refractivity contribution in [1.82, 2.24) is 4.90 Å². The molecule has 1 saturated heterocycles. The molecule has 0 N–H and O–H groups in total. The minimum absolute atomic E-state index is 0.258. The van der Waals surface area contributed by atoms with Gasteiger partial charge in [-0.25, -0.2) is 4.79 Å². The number of rotatable bonds is 3. The van der Waals surface area contributed by atoms with Crippen LogP contribution in [0.5, 0.6) is 0 Å². The first kappa shape index (κ1) is 16.7. The Morgan fingerprint density at radius 1 is 1.08 bits per heavy atom. The third kappa shape index (κ3) is 3.36. The van der Waals surface area contributed by atoms with E-state index in [2.05, 4.69) is 0 Å². The maximum Gasteiger partial charge on any atom is 0.410 e. The van der Waals surface area contributed by atoms with Crippen molar-refractivity contribution in [3.8, 4) is 0 Å². The molecule has 3 rings (SSSR count). The van der Waals surface area contributed by atoms with E-state index in [-0.39, 0.29) is 17.4 Å². The Morgan fingerprint density at radius 2 is 1.67 bits per heavy atom. The van der Waals surface area contributed by atoms with Gasteiger partial charge >= 0.3 is 6.09 Å². The molecule has 3 atom stereocenters. The molecule has 126 valence electrons. The summed E-state index contributed by atoms with van der Waals surface area (Å²) in [6, 6.07) is 19.3. The third-order valence-corrected chi connectivity index (χ3v) is 5.89. The minimum atomic E-state index is -1.05. The standard InChI is InChI=1S/C19H21NO3S/c1-2-23-19(21)20-13-14-24(22)18(16-11-7-4-8-12-16)17(20)15-9-5-3-6-10-15/h3-12,17-18H,2,13-14H2,1H3/t17-,18-,24?/m1/s1. The van der Waals surface area contributed by atoms with Gasteiger partial charge in [-0.1, -0.05) is 60.7 Å². The van der Waals surface area contributed by atoms with Crippen LogP contribution in [0.4, 0.5) is 4.79 Å². The predicted octanol–water partition coefficient (Wildman–Crippen LogP) is 3.69. The van der Waals surface area contributed by atoms with Gasteiger partial charge in [-0.15, -0.1) is 0 Å². The Labute approximate surface area is 144 Å². The molecule has 0 saturated carbocycles. The summed E-state index contributed by atoms with van der Waals surface area (Å²) in [7, 11) is -1.05. The van der Waals surface area contributed by atoms with Gasteiger partial charge in [0.25, 0.3) is 0 Å². The summed E-state index contributed by atoms with van der Waals surface area (Å²) in [5.41, 5.74) is 1.96. The number of benzene rings is 2. The highest BCUT2D eigenvalue weighted by Gasteiger charge is 2.41. The highest BCUT2D eigenvalue weighted by Crippen LogP contribution is 2.41. The predicted molar refractivity (Wildman–Crippen MR) is 95.1 cm³/mol. The molecule has 4 nitrogen and oxygen atoms in total. The molecule has 1 aliphatic rings. The van der Waals surface area contributed by atoms with Crippen molar-refractivity contribution in [2.75, 3.05) is 18.9 Å². The molecule has 0 spiro atoms. The second kappa shape index (κ2) is 7.62. The van der Waals surface area contributed by atoms with Crippen molar-refractivity contribution < 1.29 is 13.7 Å². The van der Waals surface area contributed by atoms with E-state index in [1.165, 1.54) is 0 Å². The molecular weight excluding hydrogens is 322 g/mol. The summed E-state index contributed by atoms with van der Waals surface area (Å²) < 4.78 is 18.1. The molecule has 1 unspecified atom stereocenters. The number of hydrogen-bond acceptors (Lipinski definition) is 3. The van der Waals surface area contributed by atoms with Crippen molar-refractivity contribution in [3.05, 3.63) is 71.8 Å². The zero-order valence-corrected chi connectivity index (χ0v) is 14.4. The van der Waals surface area contributed by atoms with Crippen LogP contribution < -0.4 is 0 Å². The summed E-state index contributed by atoms with van der Waals surface area (Å²) >= 11 is 0. The maximum absolute atomic E-state index is 12.8. The molecule has 2 aromatic rings. The molecule has 1 amide bonds. The first-order chi connectivity index (χ1) is 11.7. The topological polar surface area (TPSA) is 46.6 Å². The van der Waals surface area contributed by atoms with Crippen LogP contribution in [0.2, 0.25) is 0 Å². The summed E-state index contributed by atoms with van der Waals surface area (Å²) in [6.45, 7) is 2.57. The number of carbonyl (C=O) groups is 1. The van der Waals surface area contributed by atoms with Crippen LogP contribution in [-0.4, -0.2) is 34.1 Å². The fraction of sp³-hybridized carbons (Fsp3) is 0.316. The largest absolute Gasteiger partial charge is 0.450 e. The van der Waals surface area contributed by atoms with E-state index in [0.717, 1.165) is 11.1 Å². The van der Waals surface area contributed by atoms with Gasteiger partial charge in [0.1, 0.15) is 0 Å². The molecule has 1 fully saturated rings. The monoisotopic (exact) mass is 343 g/mol. The molecule has 2 aromatic carbocycles. The molecule has 0 aliphatic carbocycles. The van der Waals surface area contributed by atoms with E-state index in [9.17, 15) is 9.00 Å². The van der Waals surface area contributed by atoms with Gasteiger partial charge in [-0.3, -0.25) is 9.11 Å². The molecule has 24 heavy (non-hydrogen) atoms. The number of nitrogens with zero attached hydrogens (tertiary/aromatic N) is 1. The molecule has 1 aliphatic heterocycles. The molecular formula is C19H21NO3S. The minimum Gasteiger partial charge on any atom is -0.450 e. The van der Waals surface area contributed by atoms with E-state index < -0.39 is 10.8 Å². The zero-order chi connectivity index (χ0) is 16.9. The van der Waals surface area contributed by atoms with Gasteiger partial charge in [0, 0.05) is 23.1 Å². The fourth-order valence-electron chi connectivity index (χ4n) is 3.15. The van der Waals surface area contributed by atoms with E-state index in [4.69, 9.17) is 4.74 Å². The van der Waals surface area contributed by atoms with Crippen molar-refractivity contribution in [1.29, 1.82) is 0 Å². The lowest BCUT2D eigenvalue weighted by molar-refractivity contribution is 0.0892. The molecule has 1 heterocycles. The second-order valence-corrected chi connectivity index (χ2v) is 7.34. The Morgan fingerprint density at radius 3 is 2.25 bits per heavy atom. The average Bonchev–Trinajstić information content (AvgIpc) is 2.63. The highest BCUT2D eigenvalue weighted by molar-refractivity contribution is 7.85. The fourth-order valence-corrected chi connectivity index (χ4v) is 4.84. The molecule has 0 radical (unpaired) electrons. The molecule has 0 bridgehead atoms. The van der Waals surface area contributed by atoms with Crippen LogP contribution >= 0.6 is 0 Å². The Balaban J connectivity index is 2.06. The van der Waals surface area contributed by atoms with E-state index >= 15 is 0 Å². The van der Waals surface area contributed by atoms with Crippen LogP contribution in [0, 0.1) is 0 Å². The third-order valence-electron chi connectivity index (χ3n) is 4.21. The number of carbonyl (C=O) groups excluding carboxylic acids is 1. The quantitative estimate of drug-likeness (QED) is 0.854. The Hall–Kier alpha value is -2.14. The average molecular weight is 343 g/mol. The van der Waals surface area contributed by atoms with Gasteiger partial charge in [-0.05, 0) is 18.1 Å². The van der Waals surface area contributed by atoms with Crippen LogP contribution in [0.15, 0.2) is 60.7 Å². The lowest BCUT2D eigenvalue weighted by Gasteiger charge is -2.40. The first-order valence-electron chi connectivity index (χ1n) is 8.13. The SMILES string of the molecule is CCOC(=O)N1CCS(=O)[C@H](c2ccccc2)[C@H]1c1ccccc1. The lowest BCUT2D eigenvalue weighted by atomic mass is 9.96. The van der Waals surface area contributed by atoms with Gasteiger partial charge in [0.15, 0.2) is 0 Å². The summed E-state index contributed by atoms with van der Waals surface area (Å²) in [5.74, 6) is 0.460. The summed E-state index contributed by atoms with van der Waals surface area (Å²) in [5, 5.41) is -0.258. The van der Waals surface area contributed by atoms with Gasteiger partial charge in [-0.2, -0.15) is 0 Å². The van der Waals surface area contributed by atoms with Crippen molar-refractivity contribution in [2.45, 2.75) is 18.2 Å². The van der Waals surface area contributed by atoms with Gasteiger partial charge < -0.3 is 4.74 Å². The van der Waals surface area contributed by atoms with Gasteiger partial charge in [0.2, 0.25) is 0 Å². The maximum atomic E-state index is 12.8. The summed E-state index contributed by atoms with van der Waals surface area (Å²) in [6.07, 6.45) is -0.344. The van der Waals surface area contributed by atoms with Crippen LogP contribution in [0.3, 0.4) is 0 Å². The van der Waals surface area contributed by atoms with Crippen molar-refractivity contribution in [3.63, 3.8) is 0 Å². The lowest BCUT2D eigenvalue weighted by Crippen LogP contribution is -2.46. The van der Waals surface area contributed by atoms with Crippen LogP contribution in [-0.2, 0) is 15.5 Å². The first-order valence-corrected chi connectivity index (χ1v) is 9.51. The van der Waals surface area contributed by atoms with Crippen LogP contribution in [0.25, 0.3) is 0 Å². The normalized spacial score (nSPS) is 23.7. The van der Waals surface area contributed by atoms with E-state index in [1.807, 2.05) is 60.7 Å². The van der Waals surface area contributed by atoms with Crippen molar-refractivity contribution in [2.24, 2.45) is 0 Å². The van der Waals surface area contributed by atoms with Crippen molar-refractivity contribution >= 4 is 16.9 Å². The van der Waals surface area contributed by atoms with E-state index in [0.29, 0.717) is 18.9 Å². The van der Waals surface area contributed by atoms with Gasteiger partial charge in [0.05, 0.1) is 17.9 Å². The Kier molecular flexibility index (Phi) is 5.30. The zero-order valence-electron chi connectivity index (χ0n) is 13.6. The highest BCUT2D eigenvalue weighted by atomic mass is 32.2. The molecule has 5 heteroatoms. The van der Waals surface area contributed by atoms with E-state index in [1.54, 1.807) is 11.8 Å². The Bertz CT molecular complexity index is 705. The second-order valence-electron chi connectivity index (χ2n) is 5.66. The van der Waals surface area contributed by atoms with Crippen LogP contribution in [0.1, 0.15) is 29.3 Å². The summed E-state index contributed by atoms with van der Waals surface area (Å²) in [4.78, 5) is 14.2.